The van der Waals surface area contributed by atoms with Gasteiger partial charge in [-0.3, -0.25) is 0 Å². The fourth-order valence-corrected chi connectivity index (χ4v) is 2.41. The van der Waals surface area contributed by atoms with E-state index in [2.05, 4.69) is 25.9 Å². The van der Waals surface area contributed by atoms with Crippen LogP contribution in [0.25, 0.3) is 22.4 Å². The van der Waals surface area contributed by atoms with E-state index in [1.54, 1.807) is 0 Å². The molecule has 3 rings (SSSR count). The Balaban J connectivity index is 2.24. The molecule has 1 N–H and O–H groups in total. The first-order chi connectivity index (χ1) is 9.04. The summed E-state index contributed by atoms with van der Waals surface area (Å²) in [6.07, 6.45) is 0. The molecule has 3 aromatic rings. The lowest BCUT2D eigenvalue weighted by Crippen LogP contribution is -1.92. The highest BCUT2D eigenvalue weighted by Crippen LogP contribution is 2.28. The fraction of sp³-hybridized carbons (Fsp3) is 0.0714. The predicted octanol–water partition coefficient (Wildman–Crippen LogP) is 4.58. The highest BCUT2D eigenvalue weighted by atomic mass is 79.9. The summed E-state index contributed by atoms with van der Waals surface area (Å²) < 4.78 is 28.1. The number of hydrogen-bond acceptors (Lipinski definition) is 1. The number of imidazole rings is 1. The monoisotopic (exact) mass is 322 g/mol. The summed E-state index contributed by atoms with van der Waals surface area (Å²) in [5.41, 5.74) is 2.36. The molecule has 0 radical (unpaired) electrons. The van der Waals surface area contributed by atoms with Crippen molar-refractivity contribution in [2.75, 3.05) is 0 Å². The van der Waals surface area contributed by atoms with E-state index in [9.17, 15) is 8.78 Å². The summed E-state index contributed by atoms with van der Waals surface area (Å²) in [4.78, 5) is 7.17. The molecule has 0 saturated carbocycles. The topological polar surface area (TPSA) is 28.7 Å². The van der Waals surface area contributed by atoms with Gasteiger partial charge in [0.05, 0.1) is 16.6 Å². The third-order valence-electron chi connectivity index (χ3n) is 2.88. The number of benzene rings is 2. The summed E-state index contributed by atoms with van der Waals surface area (Å²) in [5, 5.41) is 0. The standard InChI is InChI=1S/C14H9BrF2N2/c1-7-2-3-11-12(4-7)19-14(18-11)13-9(16)5-8(15)6-10(13)17/h2-6H,1H3,(H,18,19). The Morgan fingerprint density at radius 2 is 1.79 bits per heavy atom. The first kappa shape index (κ1) is 12.3. The average Bonchev–Trinajstić information content (AvgIpc) is 2.69. The number of aryl methyl sites for hydroxylation is 1. The molecule has 5 heteroatoms. The number of nitrogens with one attached hydrogen (secondary N) is 1. The highest BCUT2D eigenvalue weighted by molar-refractivity contribution is 9.10. The van der Waals surface area contributed by atoms with Crippen molar-refractivity contribution in [1.29, 1.82) is 0 Å². The summed E-state index contributed by atoms with van der Waals surface area (Å²) in [7, 11) is 0. The Morgan fingerprint density at radius 3 is 2.47 bits per heavy atom. The molecule has 0 atom stereocenters. The molecule has 1 heterocycles. The molecule has 0 aliphatic carbocycles. The van der Waals surface area contributed by atoms with Crippen molar-refractivity contribution < 1.29 is 8.78 Å². The van der Waals surface area contributed by atoms with Crippen LogP contribution in [0.4, 0.5) is 8.78 Å². The number of aromatic amines is 1. The number of aromatic nitrogens is 2. The number of nitrogens with zero attached hydrogens (tertiary/aromatic N) is 1. The van der Waals surface area contributed by atoms with Gasteiger partial charge in [-0.15, -0.1) is 0 Å². The second-order valence-corrected chi connectivity index (χ2v) is 5.27. The van der Waals surface area contributed by atoms with Crippen molar-refractivity contribution in [3.63, 3.8) is 0 Å². The number of H-pyrrole nitrogens is 1. The zero-order valence-electron chi connectivity index (χ0n) is 9.97. The van der Waals surface area contributed by atoms with Crippen molar-refractivity contribution in [1.82, 2.24) is 9.97 Å². The van der Waals surface area contributed by atoms with Gasteiger partial charge < -0.3 is 4.98 Å². The van der Waals surface area contributed by atoms with Crippen LogP contribution in [0.3, 0.4) is 0 Å². The molecule has 0 amide bonds. The van der Waals surface area contributed by atoms with Gasteiger partial charge in [-0.25, -0.2) is 13.8 Å². The van der Waals surface area contributed by atoms with Gasteiger partial charge in [-0.1, -0.05) is 22.0 Å². The summed E-state index contributed by atoms with van der Waals surface area (Å²) in [6, 6.07) is 8.05. The zero-order valence-corrected chi connectivity index (χ0v) is 11.6. The SMILES string of the molecule is Cc1ccc2nc(-c3c(F)cc(Br)cc3F)[nH]c2c1. The first-order valence-electron chi connectivity index (χ1n) is 5.66. The number of rotatable bonds is 1. The van der Waals surface area contributed by atoms with Crippen LogP contribution in [0.2, 0.25) is 0 Å². The van der Waals surface area contributed by atoms with Crippen molar-refractivity contribution >= 4 is 27.0 Å². The molecule has 0 bridgehead atoms. The van der Waals surface area contributed by atoms with Crippen LogP contribution < -0.4 is 0 Å². The molecule has 0 saturated heterocycles. The fourth-order valence-electron chi connectivity index (χ4n) is 2.01. The van der Waals surface area contributed by atoms with Crippen LogP contribution in [0.5, 0.6) is 0 Å². The van der Waals surface area contributed by atoms with E-state index in [4.69, 9.17) is 0 Å². The van der Waals surface area contributed by atoms with Crippen LogP contribution in [0.1, 0.15) is 5.56 Å². The summed E-state index contributed by atoms with van der Waals surface area (Å²) >= 11 is 3.05. The lowest BCUT2D eigenvalue weighted by atomic mass is 10.2. The number of halogens is 3. The van der Waals surface area contributed by atoms with E-state index in [1.165, 1.54) is 12.1 Å². The molecule has 0 aliphatic rings. The Bertz CT molecular complexity index is 757. The minimum atomic E-state index is -0.650. The molecule has 0 aliphatic heterocycles. The maximum atomic E-state index is 13.9. The van der Waals surface area contributed by atoms with Gasteiger partial charge in [0.2, 0.25) is 0 Å². The molecule has 96 valence electrons. The molecular weight excluding hydrogens is 314 g/mol. The van der Waals surface area contributed by atoms with Crippen molar-refractivity contribution in [2.45, 2.75) is 6.92 Å². The van der Waals surface area contributed by atoms with Gasteiger partial charge in [-0.2, -0.15) is 0 Å². The summed E-state index contributed by atoms with van der Waals surface area (Å²) in [5.74, 6) is -1.10. The van der Waals surface area contributed by atoms with Gasteiger partial charge >= 0.3 is 0 Å². The van der Waals surface area contributed by atoms with Crippen LogP contribution in [0, 0.1) is 18.6 Å². The molecule has 0 spiro atoms. The second-order valence-electron chi connectivity index (χ2n) is 4.35. The highest BCUT2D eigenvalue weighted by Gasteiger charge is 2.16. The third kappa shape index (κ3) is 2.14. The van der Waals surface area contributed by atoms with Gasteiger partial charge in [0.1, 0.15) is 17.5 Å². The molecular formula is C14H9BrF2N2. The van der Waals surface area contributed by atoms with Gasteiger partial charge in [-0.05, 0) is 36.8 Å². The van der Waals surface area contributed by atoms with Gasteiger partial charge in [0.15, 0.2) is 0 Å². The van der Waals surface area contributed by atoms with E-state index < -0.39 is 11.6 Å². The van der Waals surface area contributed by atoms with Crippen molar-refractivity contribution in [3.8, 4) is 11.4 Å². The third-order valence-corrected chi connectivity index (χ3v) is 3.34. The summed E-state index contributed by atoms with van der Waals surface area (Å²) in [6.45, 7) is 1.95. The van der Waals surface area contributed by atoms with E-state index in [0.717, 1.165) is 11.1 Å². The van der Waals surface area contributed by atoms with Crippen molar-refractivity contribution in [2.24, 2.45) is 0 Å². The Kier molecular flexibility index (Phi) is 2.86. The quantitative estimate of drug-likeness (QED) is 0.698. The van der Waals surface area contributed by atoms with Gasteiger partial charge in [0, 0.05) is 4.47 Å². The molecule has 19 heavy (non-hydrogen) atoms. The normalized spacial score (nSPS) is 11.2. The maximum absolute atomic E-state index is 13.9. The van der Waals surface area contributed by atoms with E-state index in [1.807, 2.05) is 25.1 Å². The maximum Gasteiger partial charge on any atom is 0.144 e. The molecule has 1 aromatic heterocycles. The Labute approximate surface area is 116 Å². The number of fused-ring (bicyclic) bond motifs is 1. The molecule has 0 fully saturated rings. The smallest absolute Gasteiger partial charge is 0.144 e. The molecule has 0 unspecified atom stereocenters. The molecule has 2 aromatic carbocycles. The van der Waals surface area contributed by atoms with Crippen LogP contribution in [0.15, 0.2) is 34.8 Å². The van der Waals surface area contributed by atoms with Gasteiger partial charge in [0.25, 0.3) is 0 Å². The Morgan fingerprint density at radius 1 is 1.11 bits per heavy atom. The Hall–Kier alpha value is -1.75. The van der Waals surface area contributed by atoms with Crippen molar-refractivity contribution in [3.05, 3.63) is 52.0 Å². The van der Waals surface area contributed by atoms with Crippen LogP contribution in [-0.4, -0.2) is 9.97 Å². The molecule has 2 nitrogen and oxygen atoms in total. The largest absolute Gasteiger partial charge is 0.338 e. The van der Waals surface area contributed by atoms with Crippen LogP contribution >= 0.6 is 15.9 Å². The van der Waals surface area contributed by atoms with E-state index >= 15 is 0 Å². The lowest BCUT2D eigenvalue weighted by molar-refractivity contribution is 0.586. The van der Waals surface area contributed by atoms with E-state index in [0.29, 0.717) is 9.99 Å². The number of hydrogen-bond donors (Lipinski definition) is 1. The predicted molar refractivity (Wildman–Crippen MR) is 73.9 cm³/mol. The minimum absolute atomic E-state index is 0.142. The zero-order chi connectivity index (χ0) is 13.6. The second kappa shape index (κ2) is 4.42. The minimum Gasteiger partial charge on any atom is -0.338 e. The average molecular weight is 323 g/mol. The lowest BCUT2D eigenvalue weighted by Gasteiger charge is -2.02. The van der Waals surface area contributed by atoms with E-state index in [-0.39, 0.29) is 11.4 Å². The first-order valence-corrected chi connectivity index (χ1v) is 6.45. The van der Waals surface area contributed by atoms with Crippen LogP contribution in [-0.2, 0) is 0 Å².